The maximum atomic E-state index is 10.6. The molecule has 0 fully saturated rings. The van der Waals surface area contributed by atoms with E-state index in [9.17, 15) is 10.1 Å². The monoisotopic (exact) mass is 244 g/mol. The van der Waals surface area contributed by atoms with E-state index in [4.69, 9.17) is 0 Å². The van der Waals surface area contributed by atoms with Crippen molar-refractivity contribution in [2.75, 3.05) is 4.34 Å². The SMILES string of the molecule is CCc1cccc([N+](=O)[O-])c1NBr. The highest BCUT2D eigenvalue weighted by atomic mass is 79.9. The predicted octanol–water partition coefficient (Wildman–Crippen LogP) is 2.88. The van der Waals surface area contributed by atoms with E-state index in [1.54, 1.807) is 6.07 Å². The molecule has 0 aliphatic carbocycles. The number of nitrogens with one attached hydrogen (secondary N) is 1. The van der Waals surface area contributed by atoms with Crippen LogP contribution in [0.2, 0.25) is 0 Å². The summed E-state index contributed by atoms with van der Waals surface area (Å²) in [7, 11) is 0. The molecule has 0 saturated heterocycles. The van der Waals surface area contributed by atoms with Crippen LogP contribution in [0.5, 0.6) is 0 Å². The Kier molecular flexibility index (Phi) is 3.25. The number of hydrogen-bond donors (Lipinski definition) is 1. The molecule has 1 N–H and O–H groups in total. The van der Waals surface area contributed by atoms with Crippen molar-refractivity contribution in [2.45, 2.75) is 13.3 Å². The Labute approximate surface area is 84.4 Å². The summed E-state index contributed by atoms with van der Waals surface area (Å²) >= 11 is 3.01. The second-order valence-corrected chi connectivity index (χ2v) is 2.91. The molecule has 4 nitrogen and oxygen atoms in total. The number of nitro benzene ring substituents is 1. The molecule has 1 aromatic carbocycles. The van der Waals surface area contributed by atoms with Crippen LogP contribution >= 0.6 is 16.1 Å². The van der Waals surface area contributed by atoms with Gasteiger partial charge in [0, 0.05) is 22.2 Å². The fourth-order valence-electron chi connectivity index (χ4n) is 1.14. The highest BCUT2D eigenvalue weighted by Crippen LogP contribution is 2.29. The first-order valence-electron chi connectivity index (χ1n) is 3.83. The van der Waals surface area contributed by atoms with Crippen molar-refractivity contribution in [3.05, 3.63) is 33.9 Å². The molecule has 0 heterocycles. The first kappa shape index (κ1) is 9.98. The molecule has 13 heavy (non-hydrogen) atoms. The normalized spacial score (nSPS) is 9.69. The van der Waals surface area contributed by atoms with Crippen LogP contribution in [-0.4, -0.2) is 4.92 Å². The van der Waals surface area contributed by atoms with Gasteiger partial charge < -0.3 is 4.34 Å². The van der Waals surface area contributed by atoms with Gasteiger partial charge in [0.15, 0.2) is 0 Å². The lowest BCUT2D eigenvalue weighted by atomic mass is 10.1. The largest absolute Gasteiger partial charge is 0.316 e. The summed E-state index contributed by atoms with van der Waals surface area (Å²) in [5.41, 5.74) is 1.55. The summed E-state index contributed by atoms with van der Waals surface area (Å²) < 4.78 is 2.67. The summed E-state index contributed by atoms with van der Waals surface area (Å²) in [6.45, 7) is 1.95. The lowest BCUT2D eigenvalue weighted by molar-refractivity contribution is -0.383. The van der Waals surface area contributed by atoms with Crippen molar-refractivity contribution in [3.8, 4) is 0 Å². The van der Waals surface area contributed by atoms with Crippen molar-refractivity contribution in [2.24, 2.45) is 0 Å². The molecular weight excluding hydrogens is 236 g/mol. The minimum atomic E-state index is -0.400. The van der Waals surface area contributed by atoms with Crippen molar-refractivity contribution >= 4 is 27.5 Å². The fraction of sp³-hybridized carbons (Fsp3) is 0.250. The van der Waals surface area contributed by atoms with Gasteiger partial charge in [-0.2, -0.15) is 0 Å². The molecule has 0 aromatic heterocycles. The molecule has 70 valence electrons. The maximum absolute atomic E-state index is 10.6. The Morgan fingerprint density at radius 2 is 2.31 bits per heavy atom. The number of rotatable bonds is 3. The number of hydrogen-bond acceptors (Lipinski definition) is 3. The summed E-state index contributed by atoms with van der Waals surface area (Å²) in [4.78, 5) is 10.2. The van der Waals surface area contributed by atoms with Crippen LogP contribution in [0, 0.1) is 10.1 Å². The quantitative estimate of drug-likeness (QED) is 0.506. The first-order valence-corrected chi connectivity index (χ1v) is 4.63. The zero-order valence-electron chi connectivity index (χ0n) is 7.08. The molecule has 0 atom stereocenters. The third kappa shape index (κ3) is 1.98. The average Bonchev–Trinajstić information content (AvgIpc) is 2.16. The molecule has 0 aliphatic rings. The van der Waals surface area contributed by atoms with Gasteiger partial charge in [-0.1, -0.05) is 19.1 Å². The smallest absolute Gasteiger partial charge is 0.293 e. The standard InChI is InChI=1S/C8H9BrN2O2/c1-2-6-4-3-5-7(11(12)13)8(6)10-9/h3-5,10H,2H2,1H3. The van der Waals surface area contributed by atoms with Crippen LogP contribution in [0.4, 0.5) is 11.4 Å². The minimum absolute atomic E-state index is 0.0937. The van der Waals surface area contributed by atoms with E-state index in [1.807, 2.05) is 13.0 Å². The molecular formula is C8H9BrN2O2. The highest BCUT2D eigenvalue weighted by molar-refractivity contribution is 9.10. The van der Waals surface area contributed by atoms with Gasteiger partial charge in [-0.3, -0.25) is 10.1 Å². The van der Waals surface area contributed by atoms with E-state index >= 15 is 0 Å². The van der Waals surface area contributed by atoms with E-state index in [2.05, 4.69) is 20.5 Å². The summed E-state index contributed by atoms with van der Waals surface area (Å²) in [5, 5.41) is 10.6. The third-order valence-corrected chi connectivity index (χ3v) is 2.20. The second-order valence-electron chi connectivity index (χ2n) is 2.52. The fourth-order valence-corrected chi connectivity index (χ4v) is 1.60. The Balaban J connectivity index is 3.27. The number of nitro groups is 1. The summed E-state index contributed by atoms with van der Waals surface area (Å²) in [5.74, 6) is 0. The lowest BCUT2D eigenvalue weighted by Gasteiger charge is -2.05. The number of halogens is 1. The topological polar surface area (TPSA) is 55.2 Å². The molecule has 1 rings (SSSR count). The van der Waals surface area contributed by atoms with Crippen LogP contribution in [0.25, 0.3) is 0 Å². The van der Waals surface area contributed by atoms with Crippen molar-refractivity contribution in [3.63, 3.8) is 0 Å². The van der Waals surface area contributed by atoms with Gasteiger partial charge in [-0.05, 0) is 12.0 Å². The van der Waals surface area contributed by atoms with Crippen molar-refractivity contribution in [1.82, 2.24) is 0 Å². The number of aryl methyl sites for hydroxylation is 1. The van der Waals surface area contributed by atoms with E-state index in [0.29, 0.717) is 5.69 Å². The zero-order chi connectivity index (χ0) is 9.84. The number of nitrogens with zero attached hydrogens (tertiary/aromatic N) is 1. The maximum Gasteiger partial charge on any atom is 0.293 e. The van der Waals surface area contributed by atoms with Gasteiger partial charge in [-0.25, -0.2) is 0 Å². The predicted molar refractivity (Wildman–Crippen MR) is 55.0 cm³/mol. The molecule has 0 saturated carbocycles. The number of para-hydroxylation sites is 1. The third-order valence-electron chi connectivity index (χ3n) is 1.80. The van der Waals surface area contributed by atoms with Crippen LogP contribution in [0.15, 0.2) is 18.2 Å². The Hall–Kier alpha value is -1.10. The molecule has 0 aliphatic heterocycles. The first-order chi connectivity index (χ1) is 6.20. The van der Waals surface area contributed by atoms with E-state index in [0.717, 1.165) is 12.0 Å². The molecule has 0 unspecified atom stereocenters. The van der Waals surface area contributed by atoms with Gasteiger partial charge >= 0.3 is 0 Å². The molecule has 0 amide bonds. The summed E-state index contributed by atoms with van der Waals surface area (Å²) in [6, 6.07) is 5.02. The van der Waals surface area contributed by atoms with Crippen molar-refractivity contribution < 1.29 is 4.92 Å². The molecule has 1 aromatic rings. The van der Waals surface area contributed by atoms with E-state index in [-0.39, 0.29) is 5.69 Å². The van der Waals surface area contributed by atoms with Gasteiger partial charge in [0.05, 0.1) is 4.92 Å². The lowest BCUT2D eigenvalue weighted by Crippen LogP contribution is -1.96. The van der Waals surface area contributed by atoms with Crippen LogP contribution < -0.4 is 4.34 Å². The number of benzene rings is 1. The Morgan fingerprint density at radius 3 is 2.77 bits per heavy atom. The zero-order valence-corrected chi connectivity index (χ0v) is 8.67. The Bertz CT molecular complexity index is 328. The number of anilines is 1. The molecule has 0 bridgehead atoms. The van der Waals surface area contributed by atoms with E-state index < -0.39 is 4.92 Å². The van der Waals surface area contributed by atoms with Gasteiger partial charge in [-0.15, -0.1) is 0 Å². The van der Waals surface area contributed by atoms with E-state index in [1.165, 1.54) is 6.07 Å². The van der Waals surface area contributed by atoms with Crippen LogP contribution in [-0.2, 0) is 6.42 Å². The van der Waals surface area contributed by atoms with Gasteiger partial charge in [0.25, 0.3) is 5.69 Å². The van der Waals surface area contributed by atoms with Crippen LogP contribution in [0.1, 0.15) is 12.5 Å². The average molecular weight is 245 g/mol. The molecule has 0 spiro atoms. The van der Waals surface area contributed by atoms with Gasteiger partial charge in [0.2, 0.25) is 0 Å². The highest BCUT2D eigenvalue weighted by Gasteiger charge is 2.14. The second kappa shape index (κ2) is 4.23. The molecule has 0 radical (unpaired) electrons. The Morgan fingerprint density at radius 1 is 1.62 bits per heavy atom. The van der Waals surface area contributed by atoms with Crippen molar-refractivity contribution in [1.29, 1.82) is 0 Å². The van der Waals surface area contributed by atoms with Crippen LogP contribution in [0.3, 0.4) is 0 Å². The minimum Gasteiger partial charge on any atom is -0.316 e. The summed E-state index contributed by atoms with van der Waals surface area (Å²) in [6.07, 6.45) is 0.760. The van der Waals surface area contributed by atoms with Gasteiger partial charge in [0.1, 0.15) is 5.69 Å². The molecule has 5 heteroatoms.